The zero-order valence-electron chi connectivity index (χ0n) is 13.9. The number of hydrogen-bond donors (Lipinski definition) is 1. The molecule has 0 fully saturated rings. The molecule has 2 aromatic rings. The third-order valence-electron chi connectivity index (χ3n) is 3.74. The van der Waals surface area contributed by atoms with Gasteiger partial charge in [0.2, 0.25) is 5.91 Å². The van der Waals surface area contributed by atoms with Gasteiger partial charge in [-0.3, -0.25) is 14.9 Å². The second-order valence-electron chi connectivity index (χ2n) is 5.72. The molecule has 3 rings (SSSR count). The van der Waals surface area contributed by atoms with Gasteiger partial charge in [0.15, 0.2) is 11.5 Å². The molecule has 1 aliphatic heterocycles. The molecule has 0 aromatic heterocycles. The number of hydrogen-bond acceptors (Lipinski definition) is 6. The second kappa shape index (κ2) is 8.57. The molecule has 0 bridgehead atoms. The Kier molecular flexibility index (Phi) is 5.96. The monoisotopic (exact) mass is 374 g/mol. The molecule has 1 N–H and O–H groups in total. The number of benzene rings is 2. The van der Waals surface area contributed by atoms with Crippen molar-refractivity contribution in [2.24, 2.45) is 0 Å². The predicted octanol–water partition coefficient (Wildman–Crippen LogP) is 2.78. The maximum Gasteiger partial charge on any atom is 0.269 e. The molecule has 0 spiro atoms. The van der Waals surface area contributed by atoms with Crippen LogP contribution in [0.25, 0.3) is 0 Å². The van der Waals surface area contributed by atoms with E-state index in [1.165, 1.54) is 23.9 Å². The molecule has 1 heterocycles. The molecule has 0 radical (unpaired) electrons. The first kappa shape index (κ1) is 18.1. The van der Waals surface area contributed by atoms with Crippen LogP contribution in [-0.2, 0) is 10.5 Å². The Morgan fingerprint density at radius 3 is 2.65 bits per heavy atom. The van der Waals surface area contributed by atoms with Crippen LogP contribution in [-0.4, -0.2) is 35.8 Å². The van der Waals surface area contributed by atoms with Crippen LogP contribution in [0.4, 0.5) is 5.69 Å². The van der Waals surface area contributed by atoms with Crippen molar-refractivity contribution >= 4 is 23.4 Å². The molecule has 8 heteroatoms. The van der Waals surface area contributed by atoms with Crippen molar-refractivity contribution < 1.29 is 19.2 Å². The van der Waals surface area contributed by atoms with E-state index in [0.717, 1.165) is 5.56 Å². The zero-order chi connectivity index (χ0) is 18.4. The molecule has 1 amide bonds. The van der Waals surface area contributed by atoms with Crippen LogP contribution in [0.1, 0.15) is 5.56 Å². The summed E-state index contributed by atoms with van der Waals surface area (Å²) in [7, 11) is 0. The van der Waals surface area contributed by atoms with Gasteiger partial charge in [-0.1, -0.05) is 24.3 Å². The maximum absolute atomic E-state index is 11.9. The third kappa shape index (κ3) is 4.89. The van der Waals surface area contributed by atoms with Gasteiger partial charge in [0.1, 0.15) is 12.7 Å². The molecule has 0 unspecified atom stereocenters. The molecule has 1 atom stereocenters. The van der Waals surface area contributed by atoms with Crippen LogP contribution in [0.15, 0.2) is 48.5 Å². The number of nitro groups is 1. The average Bonchev–Trinajstić information content (AvgIpc) is 2.66. The molecular weight excluding hydrogens is 356 g/mol. The quantitative estimate of drug-likeness (QED) is 0.592. The van der Waals surface area contributed by atoms with E-state index < -0.39 is 4.92 Å². The van der Waals surface area contributed by atoms with Crippen LogP contribution in [0.2, 0.25) is 0 Å². The lowest BCUT2D eigenvalue weighted by Crippen LogP contribution is -2.41. The molecule has 7 nitrogen and oxygen atoms in total. The van der Waals surface area contributed by atoms with E-state index in [2.05, 4.69) is 5.32 Å². The molecular formula is C18H18N2O5S. The fraction of sp³-hybridized carbons (Fsp3) is 0.278. The fourth-order valence-corrected chi connectivity index (χ4v) is 3.24. The number of rotatable bonds is 7. The Hall–Kier alpha value is -2.74. The van der Waals surface area contributed by atoms with E-state index in [-0.39, 0.29) is 17.7 Å². The van der Waals surface area contributed by atoms with Gasteiger partial charge in [0, 0.05) is 17.9 Å². The summed E-state index contributed by atoms with van der Waals surface area (Å²) >= 11 is 1.45. The number of thioether (sulfide) groups is 1. The number of non-ortho nitro benzene ring substituents is 1. The summed E-state index contributed by atoms with van der Waals surface area (Å²) in [5, 5.41) is 13.5. The third-order valence-corrected chi connectivity index (χ3v) is 4.75. The van der Waals surface area contributed by atoms with Gasteiger partial charge < -0.3 is 14.8 Å². The van der Waals surface area contributed by atoms with E-state index in [1.54, 1.807) is 12.1 Å². The van der Waals surface area contributed by atoms with Gasteiger partial charge in [0.25, 0.3) is 5.69 Å². The van der Waals surface area contributed by atoms with Crippen LogP contribution >= 0.6 is 11.8 Å². The first-order chi connectivity index (χ1) is 12.6. The summed E-state index contributed by atoms with van der Waals surface area (Å²) in [6.07, 6.45) is -0.214. The number of para-hydroxylation sites is 2. The Bertz CT molecular complexity index is 781. The van der Waals surface area contributed by atoms with E-state index in [9.17, 15) is 14.9 Å². The molecule has 0 saturated heterocycles. The number of amides is 1. The lowest BCUT2D eigenvalue weighted by atomic mass is 10.2. The highest BCUT2D eigenvalue weighted by atomic mass is 32.2. The van der Waals surface area contributed by atoms with Crippen molar-refractivity contribution in [3.8, 4) is 11.5 Å². The van der Waals surface area contributed by atoms with Crippen molar-refractivity contribution in [1.82, 2.24) is 5.32 Å². The Balaban J connectivity index is 1.36. The zero-order valence-corrected chi connectivity index (χ0v) is 14.7. The lowest BCUT2D eigenvalue weighted by molar-refractivity contribution is -0.384. The Morgan fingerprint density at radius 1 is 1.19 bits per heavy atom. The van der Waals surface area contributed by atoms with Crippen LogP contribution < -0.4 is 14.8 Å². The van der Waals surface area contributed by atoms with Crippen LogP contribution in [0, 0.1) is 10.1 Å². The minimum absolute atomic E-state index is 0.0627. The SMILES string of the molecule is O=C(CSCc1ccc([N+](=O)[O-])cc1)NC[C@H]1COc2ccccc2O1. The van der Waals surface area contributed by atoms with Crippen molar-refractivity contribution in [3.05, 3.63) is 64.2 Å². The topological polar surface area (TPSA) is 90.7 Å². The van der Waals surface area contributed by atoms with E-state index in [0.29, 0.717) is 36.2 Å². The van der Waals surface area contributed by atoms with Crippen LogP contribution in [0.5, 0.6) is 11.5 Å². The van der Waals surface area contributed by atoms with E-state index in [1.807, 2.05) is 24.3 Å². The van der Waals surface area contributed by atoms with Crippen molar-refractivity contribution in [2.45, 2.75) is 11.9 Å². The summed E-state index contributed by atoms with van der Waals surface area (Å²) in [6.45, 7) is 0.776. The highest BCUT2D eigenvalue weighted by molar-refractivity contribution is 7.99. The fourth-order valence-electron chi connectivity index (χ4n) is 2.42. The molecule has 2 aromatic carbocycles. The van der Waals surface area contributed by atoms with Crippen molar-refractivity contribution in [3.63, 3.8) is 0 Å². The summed E-state index contributed by atoms with van der Waals surface area (Å²) in [5.74, 6) is 2.24. The number of nitrogens with zero attached hydrogens (tertiary/aromatic N) is 1. The summed E-state index contributed by atoms with van der Waals surface area (Å²) < 4.78 is 11.4. The van der Waals surface area contributed by atoms with Crippen LogP contribution in [0.3, 0.4) is 0 Å². The minimum Gasteiger partial charge on any atom is -0.486 e. The average molecular weight is 374 g/mol. The molecule has 1 aliphatic rings. The van der Waals surface area contributed by atoms with Crippen molar-refractivity contribution in [1.29, 1.82) is 0 Å². The normalized spacial score (nSPS) is 15.3. The largest absolute Gasteiger partial charge is 0.486 e. The Labute approximate surface area is 154 Å². The standard InChI is InChI=1S/C18H18N2O5S/c21-18(12-26-11-13-5-7-14(8-6-13)20(22)23)19-9-15-10-24-16-3-1-2-4-17(16)25-15/h1-8,15H,9-12H2,(H,19,21)/t15-/m0/s1. The summed E-state index contributed by atoms with van der Waals surface area (Å²) in [6, 6.07) is 13.8. The van der Waals surface area contributed by atoms with E-state index >= 15 is 0 Å². The van der Waals surface area contributed by atoms with Gasteiger partial charge in [0.05, 0.1) is 17.2 Å². The van der Waals surface area contributed by atoms with Gasteiger partial charge >= 0.3 is 0 Å². The predicted molar refractivity (Wildman–Crippen MR) is 98.6 cm³/mol. The first-order valence-corrected chi connectivity index (χ1v) is 9.23. The van der Waals surface area contributed by atoms with Crippen molar-refractivity contribution in [2.75, 3.05) is 18.9 Å². The number of carbonyl (C=O) groups excluding carboxylic acids is 1. The lowest BCUT2D eigenvalue weighted by Gasteiger charge is -2.26. The van der Waals surface area contributed by atoms with Gasteiger partial charge in [-0.15, -0.1) is 11.8 Å². The molecule has 0 saturated carbocycles. The second-order valence-corrected chi connectivity index (χ2v) is 6.70. The van der Waals surface area contributed by atoms with Gasteiger partial charge in [-0.2, -0.15) is 0 Å². The molecule has 136 valence electrons. The smallest absolute Gasteiger partial charge is 0.269 e. The van der Waals surface area contributed by atoms with Gasteiger partial charge in [-0.25, -0.2) is 0 Å². The number of ether oxygens (including phenoxy) is 2. The maximum atomic E-state index is 11.9. The highest BCUT2D eigenvalue weighted by Gasteiger charge is 2.20. The number of carbonyl (C=O) groups is 1. The van der Waals surface area contributed by atoms with E-state index in [4.69, 9.17) is 9.47 Å². The minimum atomic E-state index is -0.431. The highest BCUT2D eigenvalue weighted by Crippen LogP contribution is 2.30. The number of nitrogens with one attached hydrogen (secondary N) is 1. The summed E-state index contributed by atoms with van der Waals surface area (Å²) in [5.41, 5.74) is 1.00. The first-order valence-electron chi connectivity index (χ1n) is 8.08. The number of nitro benzene ring substituents is 1. The summed E-state index contributed by atoms with van der Waals surface area (Å²) in [4.78, 5) is 22.1. The van der Waals surface area contributed by atoms with Gasteiger partial charge in [-0.05, 0) is 17.7 Å². The Morgan fingerprint density at radius 2 is 1.92 bits per heavy atom. The molecule has 26 heavy (non-hydrogen) atoms. The molecule has 0 aliphatic carbocycles. The number of fused-ring (bicyclic) bond motifs is 1.